The van der Waals surface area contributed by atoms with Crippen LogP contribution in [0.5, 0.6) is 5.75 Å². The zero-order chi connectivity index (χ0) is 19.9. The van der Waals surface area contributed by atoms with Gasteiger partial charge in [-0.3, -0.25) is 14.3 Å². The van der Waals surface area contributed by atoms with E-state index in [1.807, 2.05) is 19.1 Å². The van der Waals surface area contributed by atoms with Gasteiger partial charge in [0, 0.05) is 12.4 Å². The van der Waals surface area contributed by atoms with E-state index >= 15 is 0 Å². The van der Waals surface area contributed by atoms with Crippen LogP contribution in [0.15, 0.2) is 23.7 Å². The number of amides is 2. The minimum Gasteiger partial charge on any atom is -0.488 e. The molecule has 0 aliphatic heterocycles. The van der Waals surface area contributed by atoms with Gasteiger partial charge in [-0.15, -0.1) is 11.3 Å². The molecule has 1 aliphatic rings. The topological polar surface area (TPSA) is 112 Å². The summed E-state index contributed by atoms with van der Waals surface area (Å²) in [5.41, 5.74) is 8.34. The molecule has 1 aromatic carbocycles. The quantitative estimate of drug-likeness (QED) is 0.659. The molecule has 1 saturated carbocycles. The number of hydrogen-bond donors (Lipinski definition) is 2. The number of aryl methyl sites for hydroxylation is 2. The first-order valence-electron chi connectivity index (χ1n) is 9.00. The van der Waals surface area contributed by atoms with Crippen molar-refractivity contribution in [3.63, 3.8) is 0 Å². The highest BCUT2D eigenvalue weighted by Gasteiger charge is 2.44. The second-order valence-electron chi connectivity index (χ2n) is 7.05. The van der Waals surface area contributed by atoms with Crippen molar-refractivity contribution in [3.05, 3.63) is 40.0 Å². The Morgan fingerprint density at radius 1 is 1.39 bits per heavy atom. The van der Waals surface area contributed by atoms with Crippen LogP contribution in [0.1, 0.15) is 40.3 Å². The number of aromatic nitrogens is 3. The van der Waals surface area contributed by atoms with E-state index in [1.165, 1.54) is 4.68 Å². The molecule has 8 nitrogen and oxygen atoms in total. The van der Waals surface area contributed by atoms with Gasteiger partial charge in [-0.2, -0.15) is 5.10 Å². The van der Waals surface area contributed by atoms with Crippen molar-refractivity contribution in [2.24, 2.45) is 12.8 Å². The molecule has 0 spiro atoms. The van der Waals surface area contributed by atoms with Crippen molar-refractivity contribution in [3.8, 4) is 5.75 Å². The van der Waals surface area contributed by atoms with Gasteiger partial charge in [0.2, 0.25) is 5.91 Å². The van der Waals surface area contributed by atoms with Gasteiger partial charge in [-0.05, 0) is 44.4 Å². The van der Waals surface area contributed by atoms with Gasteiger partial charge in [0.15, 0.2) is 0 Å². The van der Waals surface area contributed by atoms with Crippen LogP contribution in [-0.2, 0) is 18.4 Å². The number of primary amides is 1. The largest absolute Gasteiger partial charge is 0.488 e. The van der Waals surface area contributed by atoms with Crippen LogP contribution in [0.2, 0.25) is 0 Å². The molecule has 3 N–H and O–H groups in total. The summed E-state index contributed by atoms with van der Waals surface area (Å²) in [5.74, 6) is -0.225. The molecule has 0 bridgehead atoms. The second-order valence-corrected chi connectivity index (χ2v) is 7.99. The summed E-state index contributed by atoms with van der Waals surface area (Å²) in [6.07, 6.45) is 1.99. The number of fused-ring (bicyclic) bond motifs is 1. The SMILES string of the molecule is Cc1ncsc1COc1ccc2nn(C)c(C(=O)NC3(C(N)=O)CCC3)c2c1. The van der Waals surface area contributed by atoms with Crippen LogP contribution in [-0.4, -0.2) is 32.1 Å². The first-order valence-corrected chi connectivity index (χ1v) is 9.88. The first kappa shape index (κ1) is 18.4. The molecule has 3 aromatic rings. The normalized spacial score (nSPS) is 15.2. The maximum absolute atomic E-state index is 12.9. The van der Waals surface area contributed by atoms with Gasteiger partial charge in [-0.25, -0.2) is 4.98 Å². The molecular weight excluding hydrogens is 378 g/mol. The van der Waals surface area contributed by atoms with Crippen LogP contribution in [0.3, 0.4) is 0 Å². The van der Waals surface area contributed by atoms with E-state index in [9.17, 15) is 9.59 Å². The molecule has 1 aliphatic carbocycles. The Bertz CT molecular complexity index is 1070. The summed E-state index contributed by atoms with van der Waals surface area (Å²) in [7, 11) is 1.70. The number of hydrogen-bond acceptors (Lipinski definition) is 6. The van der Waals surface area contributed by atoms with Crippen molar-refractivity contribution < 1.29 is 14.3 Å². The lowest BCUT2D eigenvalue weighted by Crippen LogP contribution is -2.61. The number of benzene rings is 1. The Morgan fingerprint density at radius 2 is 2.18 bits per heavy atom. The fourth-order valence-corrected chi connectivity index (χ4v) is 4.08. The highest BCUT2D eigenvalue weighted by atomic mass is 32.1. The third-order valence-corrected chi connectivity index (χ3v) is 6.17. The lowest BCUT2D eigenvalue weighted by atomic mass is 9.76. The molecule has 2 heterocycles. The van der Waals surface area contributed by atoms with E-state index in [0.29, 0.717) is 41.8 Å². The molecule has 0 atom stereocenters. The maximum Gasteiger partial charge on any atom is 0.271 e. The second kappa shape index (κ2) is 6.90. The first-order chi connectivity index (χ1) is 13.4. The van der Waals surface area contributed by atoms with Crippen LogP contribution in [0.25, 0.3) is 10.9 Å². The predicted molar refractivity (Wildman–Crippen MR) is 105 cm³/mol. The average Bonchev–Trinajstić information content (AvgIpc) is 3.17. The summed E-state index contributed by atoms with van der Waals surface area (Å²) < 4.78 is 7.40. The molecular formula is C19H21N5O3S. The van der Waals surface area contributed by atoms with E-state index in [4.69, 9.17) is 10.5 Å². The molecule has 0 saturated heterocycles. The van der Waals surface area contributed by atoms with Gasteiger partial charge < -0.3 is 15.8 Å². The van der Waals surface area contributed by atoms with Gasteiger partial charge in [0.05, 0.1) is 21.6 Å². The Kier molecular flexibility index (Phi) is 4.54. The molecule has 2 aromatic heterocycles. The highest BCUT2D eigenvalue weighted by Crippen LogP contribution is 2.32. The summed E-state index contributed by atoms with van der Waals surface area (Å²) in [6.45, 7) is 2.35. The van der Waals surface area contributed by atoms with Crippen molar-refractivity contribution in [1.29, 1.82) is 0 Å². The Hall–Kier alpha value is -2.94. The van der Waals surface area contributed by atoms with Gasteiger partial charge in [-0.1, -0.05) is 0 Å². The molecule has 9 heteroatoms. The van der Waals surface area contributed by atoms with Gasteiger partial charge >= 0.3 is 0 Å². The zero-order valence-corrected chi connectivity index (χ0v) is 16.5. The number of nitrogens with one attached hydrogen (secondary N) is 1. The van der Waals surface area contributed by atoms with Gasteiger partial charge in [0.1, 0.15) is 23.6 Å². The standard InChI is InChI=1S/C19H21N5O3S/c1-11-15(28-10-21-11)9-27-12-4-5-14-13(8-12)16(24(2)23-14)17(25)22-19(18(20)26)6-3-7-19/h4-5,8,10H,3,6-7,9H2,1-2H3,(H2,20,26)(H,22,25). The van der Waals surface area contributed by atoms with E-state index in [2.05, 4.69) is 15.4 Å². The minimum atomic E-state index is -0.953. The van der Waals surface area contributed by atoms with E-state index in [0.717, 1.165) is 17.0 Å². The Labute approximate surface area is 165 Å². The molecule has 1 fully saturated rings. The number of thiazole rings is 1. The number of ether oxygens (including phenoxy) is 1. The van der Waals surface area contributed by atoms with E-state index in [-0.39, 0.29) is 5.91 Å². The smallest absolute Gasteiger partial charge is 0.271 e. The Balaban J connectivity index is 1.61. The Morgan fingerprint density at radius 3 is 2.79 bits per heavy atom. The molecule has 0 radical (unpaired) electrons. The lowest BCUT2D eigenvalue weighted by Gasteiger charge is -2.39. The third-order valence-electron chi connectivity index (χ3n) is 5.27. The van der Waals surface area contributed by atoms with E-state index < -0.39 is 11.4 Å². The summed E-state index contributed by atoms with van der Waals surface area (Å²) in [4.78, 5) is 30.0. The molecule has 0 unspecified atom stereocenters. The molecule has 2 amide bonds. The highest BCUT2D eigenvalue weighted by molar-refractivity contribution is 7.09. The maximum atomic E-state index is 12.9. The number of nitrogens with zero attached hydrogens (tertiary/aromatic N) is 3. The van der Waals surface area contributed by atoms with E-state index in [1.54, 1.807) is 30.0 Å². The lowest BCUT2D eigenvalue weighted by molar-refractivity contribution is -0.127. The molecule has 28 heavy (non-hydrogen) atoms. The van der Waals surface area contributed by atoms with Crippen molar-refractivity contribution in [2.45, 2.75) is 38.3 Å². The monoisotopic (exact) mass is 399 g/mol. The predicted octanol–water partition coefficient (Wildman–Crippen LogP) is 2.06. The molecule has 146 valence electrons. The fourth-order valence-electron chi connectivity index (χ4n) is 3.39. The summed E-state index contributed by atoms with van der Waals surface area (Å²) >= 11 is 1.54. The number of carbonyl (C=O) groups excluding carboxylic acids is 2. The third kappa shape index (κ3) is 3.11. The summed E-state index contributed by atoms with van der Waals surface area (Å²) in [6, 6.07) is 5.43. The summed E-state index contributed by atoms with van der Waals surface area (Å²) in [5, 5.41) is 7.88. The van der Waals surface area contributed by atoms with Crippen LogP contribution >= 0.6 is 11.3 Å². The zero-order valence-electron chi connectivity index (χ0n) is 15.7. The average molecular weight is 399 g/mol. The van der Waals surface area contributed by atoms with Crippen molar-refractivity contribution in [2.75, 3.05) is 0 Å². The van der Waals surface area contributed by atoms with Gasteiger partial charge in [0.25, 0.3) is 5.91 Å². The van der Waals surface area contributed by atoms with Crippen LogP contribution in [0, 0.1) is 6.92 Å². The molecule has 4 rings (SSSR count). The number of carbonyl (C=O) groups is 2. The minimum absolute atomic E-state index is 0.362. The van der Waals surface area contributed by atoms with Crippen molar-refractivity contribution >= 4 is 34.1 Å². The number of nitrogens with two attached hydrogens (primary N) is 1. The fraction of sp³-hybridized carbons (Fsp3) is 0.368. The van der Waals surface area contributed by atoms with Crippen LogP contribution < -0.4 is 15.8 Å². The van der Waals surface area contributed by atoms with Crippen molar-refractivity contribution in [1.82, 2.24) is 20.1 Å². The number of rotatable bonds is 6. The van der Waals surface area contributed by atoms with Crippen LogP contribution in [0.4, 0.5) is 0 Å².